The Morgan fingerprint density at radius 3 is 2.70 bits per heavy atom. The lowest BCUT2D eigenvalue weighted by molar-refractivity contribution is 0.0977. The molecule has 0 saturated carbocycles. The van der Waals surface area contributed by atoms with Gasteiger partial charge in [-0.05, 0) is 12.1 Å². The molecule has 0 aliphatic rings. The van der Waals surface area contributed by atoms with Gasteiger partial charge in [-0.25, -0.2) is 22.8 Å². The normalized spacial score (nSPS) is 11.3. The summed E-state index contributed by atoms with van der Waals surface area (Å²) < 4.78 is 25.8. The van der Waals surface area contributed by atoms with Crippen LogP contribution < -0.4 is 4.72 Å². The summed E-state index contributed by atoms with van der Waals surface area (Å²) in [7, 11) is -3.61. The molecule has 9 heteroatoms. The Morgan fingerprint density at radius 1 is 1.26 bits per heavy atom. The number of hydrogen-bond donors (Lipinski definition) is 1. The zero-order valence-electron chi connectivity index (χ0n) is 12.0. The fourth-order valence-corrected chi connectivity index (χ4v) is 3.10. The van der Waals surface area contributed by atoms with Gasteiger partial charge in [0.05, 0.1) is 18.1 Å². The fourth-order valence-electron chi connectivity index (χ4n) is 1.89. The van der Waals surface area contributed by atoms with Gasteiger partial charge in [0.25, 0.3) is 5.91 Å². The van der Waals surface area contributed by atoms with Crippen LogP contribution in [0.1, 0.15) is 10.5 Å². The van der Waals surface area contributed by atoms with Crippen molar-refractivity contribution in [2.24, 2.45) is 0 Å². The molecule has 0 atom stereocenters. The van der Waals surface area contributed by atoms with E-state index in [2.05, 4.69) is 10.1 Å². The van der Waals surface area contributed by atoms with Crippen molar-refractivity contribution in [1.29, 1.82) is 0 Å². The number of carbonyl (C=O) groups excluding carboxylic acids is 1. The van der Waals surface area contributed by atoms with Gasteiger partial charge >= 0.3 is 0 Å². The number of nitrogens with zero attached hydrogens (tertiary/aromatic N) is 3. The van der Waals surface area contributed by atoms with Gasteiger partial charge in [0.2, 0.25) is 10.0 Å². The monoisotopic (exact) mass is 348 g/mol. The summed E-state index contributed by atoms with van der Waals surface area (Å²) in [6.07, 6.45) is 4.36. The molecule has 0 bridgehead atoms. The molecule has 0 spiro atoms. The van der Waals surface area contributed by atoms with E-state index >= 15 is 0 Å². The number of aromatic nitrogens is 3. The Kier molecular flexibility index (Phi) is 3.97. The molecular formula is C14H12N4O3S2. The summed E-state index contributed by atoms with van der Waals surface area (Å²) in [4.78, 5) is 15.9. The number of rotatable bonds is 4. The van der Waals surface area contributed by atoms with Crippen molar-refractivity contribution in [3.05, 3.63) is 53.8 Å². The summed E-state index contributed by atoms with van der Waals surface area (Å²) in [5, 5.41) is 6.36. The van der Waals surface area contributed by atoms with Gasteiger partial charge in [0, 0.05) is 17.1 Å². The lowest BCUT2D eigenvalue weighted by atomic mass is 10.3. The van der Waals surface area contributed by atoms with Crippen LogP contribution >= 0.6 is 11.3 Å². The van der Waals surface area contributed by atoms with Crippen LogP contribution in [0.25, 0.3) is 16.3 Å². The minimum absolute atomic E-state index is 0.0582. The highest BCUT2D eigenvalue weighted by molar-refractivity contribution is 7.89. The van der Waals surface area contributed by atoms with E-state index in [-0.39, 0.29) is 5.69 Å². The highest BCUT2D eigenvalue weighted by Gasteiger charge is 2.16. The first kappa shape index (κ1) is 15.4. The second-order valence-corrected chi connectivity index (χ2v) is 7.36. The first-order chi connectivity index (χ1) is 10.9. The van der Waals surface area contributed by atoms with Gasteiger partial charge in [-0.1, -0.05) is 18.2 Å². The number of amides is 1. The fraction of sp³-hybridized carbons (Fsp3) is 0.0714. The molecule has 2 heterocycles. The molecule has 23 heavy (non-hydrogen) atoms. The third-order valence-corrected chi connectivity index (χ3v) is 4.31. The van der Waals surface area contributed by atoms with E-state index in [0.29, 0.717) is 5.01 Å². The van der Waals surface area contributed by atoms with Crippen LogP contribution in [0.15, 0.2) is 48.1 Å². The van der Waals surface area contributed by atoms with E-state index in [4.69, 9.17) is 0 Å². The van der Waals surface area contributed by atoms with Crippen LogP contribution in [0.3, 0.4) is 0 Å². The third kappa shape index (κ3) is 3.63. The molecule has 1 N–H and O–H groups in total. The number of nitrogens with one attached hydrogen (secondary N) is 1. The van der Waals surface area contributed by atoms with Crippen molar-refractivity contribution in [1.82, 2.24) is 19.5 Å². The molecular weight excluding hydrogens is 336 g/mol. The Balaban J connectivity index is 1.84. The first-order valence-corrected chi connectivity index (χ1v) is 9.27. The van der Waals surface area contributed by atoms with Gasteiger partial charge in [0.15, 0.2) is 0 Å². The number of benzene rings is 1. The molecule has 0 fully saturated rings. The molecule has 0 unspecified atom stereocenters. The second kappa shape index (κ2) is 5.94. The quantitative estimate of drug-likeness (QED) is 0.774. The molecule has 0 saturated heterocycles. The highest BCUT2D eigenvalue weighted by atomic mass is 32.2. The molecule has 0 aliphatic carbocycles. The number of thiazole rings is 1. The lowest BCUT2D eigenvalue weighted by Crippen LogP contribution is -2.29. The summed E-state index contributed by atoms with van der Waals surface area (Å²) in [5.74, 6) is -0.745. The molecule has 3 aromatic rings. The van der Waals surface area contributed by atoms with Gasteiger partial charge in [-0.2, -0.15) is 5.10 Å². The maximum atomic E-state index is 11.8. The van der Waals surface area contributed by atoms with E-state index < -0.39 is 15.9 Å². The van der Waals surface area contributed by atoms with Crippen molar-refractivity contribution in [2.45, 2.75) is 0 Å². The average molecular weight is 348 g/mol. The molecule has 7 nitrogen and oxygen atoms in total. The predicted octanol–water partition coefficient (Wildman–Crippen LogP) is 1.69. The molecule has 118 valence electrons. The van der Waals surface area contributed by atoms with Crippen LogP contribution in [-0.2, 0) is 10.0 Å². The summed E-state index contributed by atoms with van der Waals surface area (Å²) in [5.41, 5.74) is 1.71. The van der Waals surface area contributed by atoms with Gasteiger partial charge in [-0.15, -0.1) is 11.3 Å². The van der Waals surface area contributed by atoms with E-state index in [1.807, 2.05) is 35.1 Å². The molecule has 0 aliphatic heterocycles. The summed E-state index contributed by atoms with van der Waals surface area (Å²) in [6.45, 7) is 0. The molecule has 1 aromatic carbocycles. The largest absolute Gasteiger partial charge is 0.284 e. The zero-order valence-corrected chi connectivity index (χ0v) is 13.6. The number of sulfonamides is 1. The van der Waals surface area contributed by atoms with E-state index in [1.54, 1.807) is 17.1 Å². The van der Waals surface area contributed by atoms with Crippen LogP contribution in [-0.4, -0.2) is 35.3 Å². The van der Waals surface area contributed by atoms with E-state index in [9.17, 15) is 13.2 Å². The second-order valence-electron chi connectivity index (χ2n) is 4.75. The molecule has 2 aromatic heterocycles. The minimum Gasteiger partial charge on any atom is -0.266 e. The SMILES string of the molecule is CS(=O)(=O)NC(=O)c1csc(-c2cnn(-c3ccccc3)c2)n1. The maximum Gasteiger partial charge on any atom is 0.284 e. The first-order valence-electron chi connectivity index (χ1n) is 6.50. The number of carbonyl (C=O) groups is 1. The zero-order chi connectivity index (χ0) is 16.4. The molecule has 0 radical (unpaired) electrons. The van der Waals surface area contributed by atoms with Crippen molar-refractivity contribution in [3.8, 4) is 16.3 Å². The standard InChI is InChI=1S/C14H12N4O3S2/c1-23(20,21)17-13(19)12-9-22-14(16-12)10-7-15-18(8-10)11-5-3-2-4-6-11/h2-9H,1H3,(H,17,19). The van der Waals surface area contributed by atoms with Gasteiger partial charge in [-0.3, -0.25) is 4.79 Å². The predicted molar refractivity (Wildman–Crippen MR) is 87.0 cm³/mol. The third-order valence-electron chi connectivity index (χ3n) is 2.87. The van der Waals surface area contributed by atoms with Crippen LogP contribution in [0.5, 0.6) is 0 Å². The van der Waals surface area contributed by atoms with Crippen LogP contribution in [0, 0.1) is 0 Å². The summed E-state index contributed by atoms with van der Waals surface area (Å²) >= 11 is 1.25. The Bertz CT molecular complexity index is 945. The van der Waals surface area contributed by atoms with Crippen molar-refractivity contribution in [2.75, 3.05) is 6.26 Å². The van der Waals surface area contributed by atoms with E-state index in [0.717, 1.165) is 17.5 Å². The maximum absolute atomic E-state index is 11.8. The van der Waals surface area contributed by atoms with Gasteiger partial charge < -0.3 is 0 Å². The smallest absolute Gasteiger partial charge is 0.266 e. The Labute approximate surface area is 136 Å². The highest BCUT2D eigenvalue weighted by Crippen LogP contribution is 2.24. The molecule has 3 rings (SSSR count). The van der Waals surface area contributed by atoms with Crippen LogP contribution in [0.4, 0.5) is 0 Å². The number of hydrogen-bond acceptors (Lipinski definition) is 6. The Morgan fingerprint density at radius 2 is 2.00 bits per heavy atom. The molecule has 1 amide bonds. The van der Waals surface area contributed by atoms with Gasteiger partial charge in [0.1, 0.15) is 10.7 Å². The van der Waals surface area contributed by atoms with Crippen molar-refractivity contribution < 1.29 is 13.2 Å². The van der Waals surface area contributed by atoms with Crippen molar-refractivity contribution in [3.63, 3.8) is 0 Å². The minimum atomic E-state index is -3.61. The van der Waals surface area contributed by atoms with Crippen molar-refractivity contribution >= 4 is 27.3 Å². The Hall–Kier alpha value is -2.52. The topological polar surface area (TPSA) is 94.0 Å². The average Bonchev–Trinajstić information content (AvgIpc) is 3.16. The number of para-hydroxylation sites is 1. The lowest BCUT2D eigenvalue weighted by Gasteiger charge is -1.99. The summed E-state index contributed by atoms with van der Waals surface area (Å²) in [6, 6.07) is 9.58. The van der Waals surface area contributed by atoms with E-state index in [1.165, 1.54) is 16.7 Å². The van der Waals surface area contributed by atoms with Crippen LogP contribution in [0.2, 0.25) is 0 Å².